The van der Waals surface area contributed by atoms with E-state index in [4.69, 9.17) is 5.73 Å². The van der Waals surface area contributed by atoms with Crippen molar-refractivity contribution in [2.45, 2.75) is 25.8 Å². The molecule has 1 aliphatic carbocycles. The number of carbonyl (C=O) groups excluding carboxylic acids is 2. The third-order valence-corrected chi connectivity index (χ3v) is 4.04. The SMILES string of the molecule is NC(=O)NCc1ccc(C(=O)Nc2ccc3c(c2)CCC3)cc1. The Morgan fingerprint density at radius 3 is 2.48 bits per heavy atom. The fourth-order valence-corrected chi connectivity index (χ4v) is 2.82. The summed E-state index contributed by atoms with van der Waals surface area (Å²) in [5.41, 5.74) is 10.0. The van der Waals surface area contributed by atoms with Gasteiger partial charge in [-0.3, -0.25) is 4.79 Å². The van der Waals surface area contributed by atoms with Gasteiger partial charge in [0.25, 0.3) is 5.91 Å². The van der Waals surface area contributed by atoms with E-state index in [1.165, 1.54) is 17.5 Å². The number of nitrogens with two attached hydrogens (primary N) is 1. The molecule has 2 aromatic carbocycles. The Morgan fingerprint density at radius 1 is 1.00 bits per heavy atom. The van der Waals surface area contributed by atoms with E-state index in [0.717, 1.165) is 24.1 Å². The minimum Gasteiger partial charge on any atom is -0.352 e. The Balaban J connectivity index is 1.65. The van der Waals surface area contributed by atoms with Crippen LogP contribution in [0.3, 0.4) is 0 Å². The number of hydrogen-bond acceptors (Lipinski definition) is 2. The molecule has 0 saturated heterocycles. The zero-order chi connectivity index (χ0) is 16.2. The summed E-state index contributed by atoms with van der Waals surface area (Å²) < 4.78 is 0. The maximum Gasteiger partial charge on any atom is 0.312 e. The van der Waals surface area contributed by atoms with Crippen molar-refractivity contribution < 1.29 is 9.59 Å². The second kappa shape index (κ2) is 6.52. The standard InChI is InChI=1S/C18H19N3O2/c19-18(23)20-11-12-4-6-14(7-5-12)17(22)21-16-9-8-13-2-1-3-15(13)10-16/h4-10H,1-3,11H2,(H,21,22)(H3,19,20,23). The topological polar surface area (TPSA) is 84.2 Å². The van der Waals surface area contributed by atoms with Crippen molar-refractivity contribution in [3.05, 3.63) is 64.7 Å². The van der Waals surface area contributed by atoms with Crippen molar-refractivity contribution in [3.63, 3.8) is 0 Å². The van der Waals surface area contributed by atoms with E-state index in [9.17, 15) is 9.59 Å². The van der Waals surface area contributed by atoms with Gasteiger partial charge in [-0.15, -0.1) is 0 Å². The lowest BCUT2D eigenvalue weighted by Gasteiger charge is -2.08. The highest BCUT2D eigenvalue weighted by Crippen LogP contribution is 2.25. The van der Waals surface area contributed by atoms with Gasteiger partial charge in [-0.25, -0.2) is 4.79 Å². The molecule has 23 heavy (non-hydrogen) atoms. The fraction of sp³-hybridized carbons (Fsp3) is 0.222. The molecular formula is C18H19N3O2. The summed E-state index contributed by atoms with van der Waals surface area (Å²) in [6, 6.07) is 12.6. The Morgan fingerprint density at radius 2 is 1.74 bits per heavy atom. The summed E-state index contributed by atoms with van der Waals surface area (Å²) in [4.78, 5) is 23.0. The summed E-state index contributed by atoms with van der Waals surface area (Å²) in [5.74, 6) is -0.141. The Kier molecular flexibility index (Phi) is 4.28. The van der Waals surface area contributed by atoms with Crippen molar-refractivity contribution in [2.24, 2.45) is 5.73 Å². The average Bonchev–Trinajstić information content (AvgIpc) is 3.01. The first kappa shape index (κ1) is 15.1. The van der Waals surface area contributed by atoms with Crippen LogP contribution >= 0.6 is 0 Å². The van der Waals surface area contributed by atoms with Gasteiger partial charge in [0, 0.05) is 17.8 Å². The highest BCUT2D eigenvalue weighted by Gasteiger charge is 2.12. The highest BCUT2D eigenvalue weighted by molar-refractivity contribution is 6.04. The van der Waals surface area contributed by atoms with Gasteiger partial charge in [0.2, 0.25) is 0 Å². The molecule has 5 nitrogen and oxygen atoms in total. The first-order chi connectivity index (χ1) is 11.1. The van der Waals surface area contributed by atoms with Crippen LogP contribution < -0.4 is 16.4 Å². The molecule has 0 aliphatic heterocycles. The smallest absolute Gasteiger partial charge is 0.312 e. The summed E-state index contributed by atoms with van der Waals surface area (Å²) in [7, 11) is 0. The normalized spacial score (nSPS) is 12.5. The molecule has 2 aromatic rings. The molecule has 0 radical (unpaired) electrons. The lowest BCUT2D eigenvalue weighted by molar-refractivity contribution is 0.102. The second-order valence-electron chi connectivity index (χ2n) is 5.71. The van der Waals surface area contributed by atoms with Crippen LogP contribution in [0.4, 0.5) is 10.5 Å². The summed E-state index contributed by atoms with van der Waals surface area (Å²) in [5, 5.41) is 5.44. The van der Waals surface area contributed by atoms with E-state index < -0.39 is 6.03 Å². The van der Waals surface area contributed by atoms with Crippen LogP contribution in [0.1, 0.15) is 33.5 Å². The number of aryl methyl sites for hydroxylation is 2. The molecule has 3 rings (SSSR count). The molecule has 118 valence electrons. The summed E-state index contributed by atoms with van der Waals surface area (Å²) in [6.07, 6.45) is 3.40. The van der Waals surface area contributed by atoms with Gasteiger partial charge >= 0.3 is 6.03 Å². The highest BCUT2D eigenvalue weighted by atomic mass is 16.2. The molecule has 0 unspecified atom stereocenters. The molecule has 0 bridgehead atoms. The van der Waals surface area contributed by atoms with Gasteiger partial charge in [-0.2, -0.15) is 0 Å². The first-order valence-corrected chi connectivity index (χ1v) is 7.67. The number of nitrogens with one attached hydrogen (secondary N) is 2. The molecule has 0 spiro atoms. The van der Waals surface area contributed by atoms with Crippen LogP contribution in [-0.4, -0.2) is 11.9 Å². The molecule has 0 heterocycles. The molecule has 0 saturated carbocycles. The summed E-state index contributed by atoms with van der Waals surface area (Å²) >= 11 is 0. The largest absolute Gasteiger partial charge is 0.352 e. The van der Waals surface area contributed by atoms with Crippen molar-refractivity contribution in [2.75, 3.05) is 5.32 Å². The van der Waals surface area contributed by atoms with Crippen molar-refractivity contribution in [1.82, 2.24) is 5.32 Å². The van der Waals surface area contributed by atoms with Crippen molar-refractivity contribution in [3.8, 4) is 0 Å². The van der Waals surface area contributed by atoms with E-state index >= 15 is 0 Å². The zero-order valence-corrected chi connectivity index (χ0v) is 12.8. The fourth-order valence-electron chi connectivity index (χ4n) is 2.82. The minimum absolute atomic E-state index is 0.141. The molecule has 1 aliphatic rings. The number of benzene rings is 2. The maximum absolute atomic E-state index is 12.3. The molecule has 3 amide bonds. The molecule has 0 aromatic heterocycles. The van der Waals surface area contributed by atoms with Gasteiger partial charge in [-0.1, -0.05) is 18.2 Å². The number of rotatable bonds is 4. The molecule has 0 atom stereocenters. The number of amides is 3. The minimum atomic E-state index is -0.566. The van der Waals surface area contributed by atoms with E-state index in [0.29, 0.717) is 12.1 Å². The van der Waals surface area contributed by atoms with Crippen LogP contribution in [0.15, 0.2) is 42.5 Å². The van der Waals surface area contributed by atoms with E-state index in [1.54, 1.807) is 24.3 Å². The van der Waals surface area contributed by atoms with Crippen LogP contribution in [0.25, 0.3) is 0 Å². The zero-order valence-electron chi connectivity index (χ0n) is 12.8. The number of carbonyl (C=O) groups is 2. The molecule has 4 N–H and O–H groups in total. The van der Waals surface area contributed by atoms with Crippen LogP contribution in [0.5, 0.6) is 0 Å². The Hall–Kier alpha value is -2.82. The number of fused-ring (bicyclic) bond motifs is 1. The Labute approximate surface area is 134 Å². The van der Waals surface area contributed by atoms with Crippen molar-refractivity contribution in [1.29, 1.82) is 0 Å². The van der Waals surface area contributed by atoms with Gasteiger partial charge in [-0.05, 0) is 60.2 Å². The third kappa shape index (κ3) is 3.69. The molecule has 0 fully saturated rings. The monoisotopic (exact) mass is 309 g/mol. The lowest BCUT2D eigenvalue weighted by atomic mass is 10.1. The van der Waals surface area contributed by atoms with Crippen molar-refractivity contribution >= 4 is 17.6 Å². The van der Waals surface area contributed by atoms with Gasteiger partial charge in [0.05, 0.1) is 0 Å². The number of anilines is 1. The Bertz CT molecular complexity index is 738. The lowest BCUT2D eigenvalue weighted by Crippen LogP contribution is -2.28. The van der Waals surface area contributed by atoms with Gasteiger partial charge < -0.3 is 16.4 Å². The van der Waals surface area contributed by atoms with Gasteiger partial charge in [0.15, 0.2) is 0 Å². The predicted octanol–water partition coefficient (Wildman–Crippen LogP) is 2.60. The van der Waals surface area contributed by atoms with Gasteiger partial charge in [0.1, 0.15) is 0 Å². The van der Waals surface area contributed by atoms with E-state index in [1.807, 2.05) is 6.07 Å². The molecular weight excluding hydrogens is 290 g/mol. The average molecular weight is 309 g/mol. The number of primary amides is 1. The first-order valence-electron chi connectivity index (χ1n) is 7.67. The number of urea groups is 1. The van der Waals surface area contributed by atoms with E-state index in [2.05, 4.69) is 22.8 Å². The third-order valence-electron chi connectivity index (χ3n) is 4.04. The second-order valence-corrected chi connectivity index (χ2v) is 5.71. The van der Waals surface area contributed by atoms with Crippen LogP contribution in [0, 0.1) is 0 Å². The number of hydrogen-bond donors (Lipinski definition) is 3. The van der Waals surface area contributed by atoms with E-state index in [-0.39, 0.29) is 5.91 Å². The van der Waals surface area contributed by atoms with Crippen LogP contribution in [-0.2, 0) is 19.4 Å². The summed E-state index contributed by atoms with van der Waals surface area (Å²) in [6.45, 7) is 0.349. The molecule has 5 heteroatoms. The maximum atomic E-state index is 12.3. The predicted molar refractivity (Wildman–Crippen MR) is 89.3 cm³/mol. The quantitative estimate of drug-likeness (QED) is 0.811. The van der Waals surface area contributed by atoms with Crippen LogP contribution in [0.2, 0.25) is 0 Å².